The van der Waals surface area contributed by atoms with E-state index in [-0.39, 0.29) is 12.0 Å². The van der Waals surface area contributed by atoms with Crippen LogP contribution in [0.3, 0.4) is 0 Å². The quantitative estimate of drug-likeness (QED) is 0.561. The normalized spacial score (nSPS) is 18.9. The molecule has 0 radical (unpaired) electrons. The zero-order valence-electron chi connectivity index (χ0n) is 15.0. The SMILES string of the molecule is Cc1c(F)ccc(N2C=C3CCCN3C2c2ccc3ncccc3c2)c1Cl. The van der Waals surface area contributed by atoms with E-state index in [1.54, 1.807) is 13.0 Å². The third-order valence-electron chi connectivity index (χ3n) is 5.55. The Balaban J connectivity index is 1.65. The van der Waals surface area contributed by atoms with Gasteiger partial charge in [0.25, 0.3) is 0 Å². The predicted octanol–water partition coefficient (Wildman–Crippen LogP) is 5.79. The maximum atomic E-state index is 13.9. The van der Waals surface area contributed by atoms with Crippen LogP contribution >= 0.6 is 11.6 Å². The molecule has 0 saturated carbocycles. The molecular weight excluding hydrogens is 361 g/mol. The third kappa shape index (κ3) is 2.59. The van der Waals surface area contributed by atoms with Gasteiger partial charge in [-0.15, -0.1) is 0 Å². The van der Waals surface area contributed by atoms with Gasteiger partial charge in [-0.3, -0.25) is 4.98 Å². The fourth-order valence-electron chi connectivity index (χ4n) is 4.16. The Morgan fingerprint density at radius 1 is 1.19 bits per heavy atom. The van der Waals surface area contributed by atoms with E-state index in [1.165, 1.54) is 17.3 Å². The van der Waals surface area contributed by atoms with Crippen LogP contribution in [0.1, 0.15) is 30.1 Å². The first-order valence-corrected chi connectivity index (χ1v) is 9.56. The number of fused-ring (bicyclic) bond motifs is 2. The molecule has 0 aliphatic carbocycles. The lowest BCUT2D eigenvalue weighted by Gasteiger charge is -2.33. The number of hydrogen-bond donors (Lipinski definition) is 0. The van der Waals surface area contributed by atoms with Crippen LogP contribution in [0.4, 0.5) is 10.1 Å². The average Bonchev–Trinajstić information content (AvgIpc) is 3.27. The molecule has 0 bridgehead atoms. The monoisotopic (exact) mass is 379 g/mol. The van der Waals surface area contributed by atoms with Crippen molar-refractivity contribution in [2.75, 3.05) is 11.4 Å². The minimum absolute atomic E-state index is 0.0227. The van der Waals surface area contributed by atoms with Gasteiger partial charge in [0.05, 0.1) is 16.2 Å². The van der Waals surface area contributed by atoms with Crippen molar-refractivity contribution in [3.63, 3.8) is 0 Å². The second-order valence-electron chi connectivity index (χ2n) is 7.16. The number of nitrogens with zero attached hydrogens (tertiary/aromatic N) is 3. The van der Waals surface area contributed by atoms with Gasteiger partial charge in [-0.05, 0) is 55.7 Å². The smallest absolute Gasteiger partial charge is 0.132 e. The third-order valence-corrected chi connectivity index (χ3v) is 6.03. The number of aromatic nitrogens is 1. The summed E-state index contributed by atoms with van der Waals surface area (Å²) in [5.74, 6) is -0.274. The Labute approximate surface area is 162 Å². The maximum absolute atomic E-state index is 13.9. The van der Waals surface area contributed by atoms with Gasteiger partial charge in [0.1, 0.15) is 12.0 Å². The van der Waals surface area contributed by atoms with Crippen molar-refractivity contribution < 1.29 is 4.39 Å². The van der Waals surface area contributed by atoms with E-state index in [0.29, 0.717) is 10.6 Å². The molecule has 2 aliphatic rings. The summed E-state index contributed by atoms with van der Waals surface area (Å²) in [5.41, 5.74) is 4.80. The lowest BCUT2D eigenvalue weighted by Crippen LogP contribution is -2.30. The Morgan fingerprint density at radius 3 is 2.96 bits per heavy atom. The molecule has 3 heterocycles. The second kappa shape index (κ2) is 6.24. The second-order valence-corrected chi connectivity index (χ2v) is 7.54. The van der Waals surface area contributed by atoms with Gasteiger partial charge in [0, 0.05) is 35.6 Å². The lowest BCUT2D eigenvalue weighted by atomic mass is 10.1. The summed E-state index contributed by atoms with van der Waals surface area (Å²) in [6, 6.07) is 13.7. The highest BCUT2D eigenvalue weighted by Crippen LogP contribution is 2.45. The van der Waals surface area contributed by atoms with Gasteiger partial charge in [-0.2, -0.15) is 0 Å². The fourth-order valence-corrected chi connectivity index (χ4v) is 4.41. The Hall–Kier alpha value is -2.59. The number of hydrogen-bond acceptors (Lipinski definition) is 3. The van der Waals surface area contributed by atoms with Gasteiger partial charge in [-0.1, -0.05) is 23.7 Å². The highest BCUT2D eigenvalue weighted by atomic mass is 35.5. The minimum atomic E-state index is -0.274. The first-order valence-electron chi connectivity index (χ1n) is 9.18. The van der Waals surface area contributed by atoms with Crippen molar-refractivity contribution in [1.82, 2.24) is 9.88 Å². The zero-order valence-corrected chi connectivity index (χ0v) is 15.7. The van der Waals surface area contributed by atoms with Gasteiger partial charge < -0.3 is 9.80 Å². The predicted molar refractivity (Wildman–Crippen MR) is 107 cm³/mol. The summed E-state index contributed by atoms with van der Waals surface area (Å²) in [6.07, 6.45) is 6.21. The highest BCUT2D eigenvalue weighted by Gasteiger charge is 2.37. The molecule has 1 unspecified atom stereocenters. The van der Waals surface area contributed by atoms with E-state index < -0.39 is 0 Å². The lowest BCUT2D eigenvalue weighted by molar-refractivity contribution is 0.319. The number of anilines is 1. The molecule has 2 aliphatic heterocycles. The summed E-state index contributed by atoms with van der Waals surface area (Å²) in [7, 11) is 0. The molecule has 5 rings (SSSR count). The number of allylic oxidation sites excluding steroid dienone is 1. The fraction of sp³-hybridized carbons (Fsp3) is 0.227. The molecule has 5 heteroatoms. The highest BCUT2D eigenvalue weighted by molar-refractivity contribution is 6.34. The van der Waals surface area contributed by atoms with E-state index in [9.17, 15) is 4.39 Å². The molecule has 3 nitrogen and oxygen atoms in total. The summed E-state index contributed by atoms with van der Waals surface area (Å²) in [4.78, 5) is 9.03. The van der Waals surface area contributed by atoms with E-state index >= 15 is 0 Å². The van der Waals surface area contributed by atoms with Crippen LogP contribution in [0.25, 0.3) is 10.9 Å². The number of rotatable bonds is 2. The summed E-state index contributed by atoms with van der Waals surface area (Å²) >= 11 is 6.54. The van der Waals surface area contributed by atoms with Crippen molar-refractivity contribution in [2.45, 2.75) is 25.9 Å². The average molecular weight is 380 g/mol. The van der Waals surface area contributed by atoms with E-state index in [1.807, 2.05) is 12.3 Å². The van der Waals surface area contributed by atoms with Crippen molar-refractivity contribution in [2.24, 2.45) is 0 Å². The van der Waals surface area contributed by atoms with Crippen LogP contribution in [-0.2, 0) is 0 Å². The van der Waals surface area contributed by atoms with Gasteiger partial charge in [0.15, 0.2) is 0 Å². The standard InChI is InChI=1S/C22H19ClFN3/c1-14-18(24)7-9-20(21(14)23)27-13-17-5-3-11-26(17)22(27)16-6-8-19-15(12-16)4-2-10-25-19/h2,4,6-10,12-13,22H,3,5,11H2,1H3. The van der Waals surface area contributed by atoms with E-state index in [4.69, 9.17) is 11.6 Å². The molecule has 1 atom stereocenters. The Bertz CT molecular complexity index is 1080. The van der Waals surface area contributed by atoms with Gasteiger partial charge >= 0.3 is 0 Å². The first kappa shape index (κ1) is 16.6. The van der Waals surface area contributed by atoms with Crippen LogP contribution < -0.4 is 4.90 Å². The largest absolute Gasteiger partial charge is 0.349 e. The van der Waals surface area contributed by atoms with Crippen LogP contribution in [0.2, 0.25) is 5.02 Å². The molecule has 3 aromatic rings. The van der Waals surface area contributed by atoms with Crippen molar-refractivity contribution in [3.8, 4) is 0 Å². The number of halogens is 2. The van der Waals surface area contributed by atoms with Crippen molar-refractivity contribution in [1.29, 1.82) is 0 Å². The number of benzene rings is 2. The van der Waals surface area contributed by atoms with E-state index in [2.05, 4.69) is 45.2 Å². The first-order chi connectivity index (χ1) is 13.1. The van der Waals surface area contributed by atoms with Crippen molar-refractivity contribution >= 4 is 28.2 Å². The molecule has 1 fully saturated rings. The molecule has 136 valence electrons. The number of pyridine rings is 1. The minimum Gasteiger partial charge on any atom is -0.349 e. The topological polar surface area (TPSA) is 19.4 Å². The van der Waals surface area contributed by atoms with Crippen molar-refractivity contribution in [3.05, 3.63) is 82.5 Å². The van der Waals surface area contributed by atoms with Crippen LogP contribution in [-0.4, -0.2) is 16.4 Å². The molecular formula is C22H19ClFN3. The molecule has 0 N–H and O–H groups in total. The van der Waals surface area contributed by atoms with E-state index in [0.717, 1.165) is 36.0 Å². The molecule has 2 aromatic carbocycles. The molecule has 1 saturated heterocycles. The molecule has 27 heavy (non-hydrogen) atoms. The van der Waals surface area contributed by atoms with Crippen LogP contribution in [0.5, 0.6) is 0 Å². The van der Waals surface area contributed by atoms with Gasteiger partial charge in [-0.25, -0.2) is 4.39 Å². The zero-order chi connectivity index (χ0) is 18.5. The molecule has 0 amide bonds. The maximum Gasteiger partial charge on any atom is 0.132 e. The summed E-state index contributed by atoms with van der Waals surface area (Å²) < 4.78 is 13.9. The van der Waals surface area contributed by atoms with Gasteiger partial charge in [0.2, 0.25) is 0 Å². The summed E-state index contributed by atoms with van der Waals surface area (Å²) in [6.45, 7) is 2.73. The Kier molecular flexibility index (Phi) is 3.83. The van der Waals surface area contributed by atoms with Crippen LogP contribution in [0, 0.1) is 12.7 Å². The molecule has 0 spiro atoms. The summed E-state index contributed by atoms with van der Waals surface area (Å²) in [5, 5.41) is 1.59. The molecule has 1 aromatic heterocycles. The van der Waals surface area contributed by atoms with Crippen LogP contribution in [0.15, 0.2) is 60.6 Å². The Morgan fingerprint density at radius 2 is 2.07 bits per heavy atom.